The summed E-state index contributed by atoms with van der Waals surface area (Å²) in [4.78, 5) is 11.9. The summed E-state index contributed by atoms with van der Waals surface area (Å²) >= 11 is 9.42. The topological polar surface area (TPSA) is 52.9 Å². The zero-order chi connectivity index (χ0) is 16.6. The minimum Gasteiger partial charge on any atom is -0.507 e. The Balaban J connectivity index is 1.98. The highest BCUT2D eigenvalue weighted by Gasteiger charge is 2.32. The van der Waals surface area contributed by atoms with Crippen molar-refractivity contribution in [3.63, 3.8) is 0 Å². The van der Waals surface area contributed by atoms with Crippen LogP contribution in [-0.4, -0.2) is 21.7 Å². The maximum absolute atomic E-state index is 11.9. The Morgan fingerprint density at radius 2 is 2.00 bits per heavy atom. The lowest BCUT2D eigenvalue weighted by Crippen LogP contribution is -2.24. The quantitative estimate of drug-likeness (QED) is 0.816. The Hall–Kier alpha value is -1.85. The van der Waals surface area contributed by atoms with E-state index in [1.807, 2.05) is 24.3 Å². The summed E-state index contributed by atoms with van der Waals surface area (Å²) in [7, 11) is 0. The van der Waals surface area contributed by atoms with Gasteiger partial charge < -0.3 is 5.11 Å². The van der Waals surface area contributed by atoms with Crippen LogP contribution in [0.2, 0.25) is 5.02 Å². The molecule has 1 heterocycles. The Kier molecular flexibility index (Phi) is 4.41. The second kappa shape index (κ2) is 6.34. The van der Waals surface area contributed by atoms with Crippen LogP contribution in [0.1, 0.15) is 30.5 Å². The molecule has 1 aliphatic rings. The minimum absolute atomic E-state index is 0.105. The number of hydrogen-bond donors (Lipinski definition) is 1. The molecule has 1 atom stereocenters. The molecule has 0 unspecified atom stereocenters. The monoisotopic (exact) mass is 392 g/mol. The molecule has 0 fully saturated rings. The van der Waals surface area contributed by atoms with Gasteiger partial charge >= 0.3 is 0 Å². The van der Waals surface area contributed by atoms with Crippen LogP contribution in [0.25, 0.3) is 0 Å². The lowest BCUT2D eigenvalue weighted by Gasteiger charge is -2.20. The number of benzene rings is 2. The van der Waals surface area contributed by atoms with Crippen molar-refractivity contribution in [3.05, 3.63) is 63.1 Å². The molecule has 0 aliphatic carbocycles. The number of halogens is 2. The zero-order valence-electron chi connectivity index (χ0n) is 12.3. The van der Waals surface area contributed by atoms with Crippen LogP contribution < -0.4 is 0 Å². The van der Waals surface area contributed by atoms with E-state index in [0.29, 0.717) is 22.7 Å². The summed E-state index contributed by atoms with van der Waals surface area (Å²) in [6.07, 6.45) is 0.523. The van der Waals surface area contributed by atoms with Crippen molar-refractivity contribution in [2.45, 2.75) is 19.4 Å². The van der Waals surface area contributed by atoms with Crippen LogP contribution in [0.4, 0.5) is 0 Å². The maximum Gasteiger partial charge on any atom is 0.240 e. The fraction of sp³-hybridized carbons (Fsp3) is 0.176. The molecule has 0 bridgehead atoms. The van der Waals surface area contributed by atoms with E-state index in [9.17, 15) is 9.90 Å². The Bertz CT molecular complexity index is 790. The van der Waals surface area contributed by atoms with E-state index >= 15 is 0 Å². The molecular weight excluding hydrogens is 380 g/mol. The summed E-state index contributed by atoms with van der Waals surface area (Å²) in [6, 6.07) is 12.4. The first kappa shape index (κ1) is 16.0. The Morgan fingerprint density at radius 3 is 2.65 bits per heavy atom. The summed E-state index contributed by atoms with van der Waals surface area (Å²) in [5.74, 6) is -0.0393. The average molecular weight is 394 g/mol. The van der Waals surface area contributed by atoms with E-state index in [0.717, 1.165) is 10.0 Å². The molecular formula is C17H14BrClN2O2. The van der Waals surface area contributed by atoms with Gasteiger partial charge in [-0.3, -0.25) is 4.79 Å². The summed E-state index contributed by atoms with van der Waals surface area (Å²) < 4.78 is 0.974. The third kappa shape index (κ3) is 3.26. The highest BCUT2D eigenvalue weighted by molar-refractivity contribution is 9.10. The highest BCUT2D eigenvalue weighted by Crippen LogP contribution is 2.35. The number of rotatable bonds is 2. The molecule has 6 heteroatoms. The predicted molar refractivity (Wildman–Crippen MR) is 93.7 cm³/mol. The summed E-state index contributed by atoms with van der Waals surface area (Å²) in [6.45, 7) is 1.48. The number of carbonyl (C=O) groups is 1. The van der Waals surface area contributed by atoms with E-state index in [1.165, 1.54) is 18.0 Å². The smallest absolute Gasteiger partial charge is 0.240 e. The minimum atomic E-state index is -0.186. The first-order valence-corrected chi connectivity index (χ1v) is 8.24. The lowest BCUT2D eigenvalue weighted by molar-refractivity contribution is -0.130. The molecule has 0 radical (unpaired) electrons. The van der Waals surface area contributed by atoms with Gasteiger partial charge in [0.15, 0.2) is 0 Å². The van der Waals surface area contributed by atoms with Gasteiger partial charge in [0.05, 0.1) is 11.8 Å². The normalized spacial score (nSPS) is 17.3. The van der Waals surface area contributed by atoms with Crippen molar-refractivity contribution in [2.75, 3.05) is 0 Å². The molecule has 0 aromatic heterocycles. The standard InChI is InChI=1S/C17H14BrClN2O2/c1-10(22)21-16(11-2-4-12(18)5-3-11)9-15(20-21)14-8-13(19)6-7-17(14)23/h2-8,16,23H,9H2,1H3/t16-/m0/s1. The molecule has 0 spiro atoms. The number of aromatic hydroxyl groups is 1. The largest absolute Gasteiger partial charge is 0.507 e. The van der Waals surface area contributed by atoms with Gasteiger partial charge in [-0.15, -0.1) is 0 Å². The molecule has 118 valence electrons. The fourth-order valence-electron chi connectivity index (χ4n) is 2.65. The van der Waals surface area contributed by atoms with Crippen molar-refractivity contribution in [1.82, 2.24) is 5.01 Å². The van der Waals surface area contributed by atoms with Crippen LogP contribution in [-0.2, 0) is 4.79 Å². The SMILES string of the molecule is CC(=O)N1N=C(c2cc(Cl)ccc2O)C[C@H]1c1ccc(Br)cc1. The van der Waals surface area contributed by atoms with Gasteiger partial charge in [-0.25, -0.2) is 5.01 Å². The molecule has 0 saturated heterocycles. The molecule has 3 rings (SSSR count). The first-order valence-electron chi connectivity index (χ1n) is 7.07. The van der Waals surface area contributed by atoms with Crippen molar-refractivity contribution in [3.8, 4) is 5.75 Å². The van der Waals surface area contributed by atoms with Gasteiger partial charge in [-0.05, 0) is 35.9 Å². The van der Waals surface area contributed by atoms with Gasteiger partial charge in [0, 0.05) is 28.4 Å². The van der Waals surface area contributed by atoms with Crippen LogP contribution in [0, 0.1) is 0 Å². The third-order valence-electron chi connectivity index (χ3n) is 3.76. The van der Waals surface area contributed by atoms with E-state index in [4.69, 9.17) is 11.6 Å². The second-order valence-corrected chi connectivity index (χ2v) is 6.70. The molecule has 4 nitrogen and oxygen atoms in total. The average Bonchev–Trinajstić information content (AvgIpc) is 2.96. The van der Waals surface area contributed by atoms with Gasteiger partial charge in [-0.2, -0.15) is 5.10 Å². The molecule has 23 heavy (non-hydrogen) atoms. The molecule has 1 N–H and O–H groups in total. The molecule has 1 aliphatic heterocycles. The molecule has 2 aromatic carbocycles. The van der Waals surface area contributed by atoms with Gasteiger partial charge in [0.1, 0.15) is 5.75 Å². The molecule has 2 aromatic rings. The lowest BCUT2D eigenvalue weighted by atomic mass is 9.98. The number of amides is 1. The van der Waals surface area contributed by atoms with E-state index in [1.54, 1.807) is 12.1 Å². The van der Waals surface area contributed by atoms with Crippen LogP contribution >= 0.6 is 27.5 Å². The van der Waals surface area contributed by atoms with Crippen LogP contribution in [0.15, 0.2) is 52.0 Å². The fourth-order valence-corrected chi connectivity index (χ4v) is 3.08. The number of phenols is 1. The second-order valence-electron chi connectivity index (χ2n) is 5.34. The molecule has 1 amide bonds. The first-order chi connectivity index (χ1) is 11.0. The predicted octanol–water partition coefficient (Wildman–Crippen LogP) is 4.51. The summed E-state index contributed by atoms with van der Waals surface area (Å²) in [5, 5.41) is 16.4. The van der Waals surface area contributed by atoms with Gasteiger partial charge in [0.25, 0.3) is 0 Å². The summed E-state index contributed by atoms with van der Waals surface area (Å²) in [5.41, 5.74) is 2.19. The van der Waals surface area contributed by atoms with Crippen molar-refractivity contribution in [2.24, 2.45) is 5.10 Å². The Labute approximate surface area is 147 Å². The van der Waals surface area contributed by atoms with Gasteiger partial charge in [-0.1, -0.05) is 39.7 Å². The van der Waals surface area contributed by atoms with Crippen LogP contribution in [0.3, 0.4) is 0 Å². The van der Waals surface area contributed by atoms with Crippen LogP contribution in [0.5, 0.6) is 5.75 Å². The van der Waals surface area contributed by atoms with Crippen molar-refractivity contribution >= 4 is 39.1 Å². The number of carbonyl (C=O) groups excluding carboxylic acids is 1. The molecule has 0 saturated carbocycles. The maximum atomic E-state index is 11.9. The van der Waals surface area contributed by atoms with E-state index in [-0.39, 0.29) is 17.7 Å². The van der Waals surface area contributed by atoms with E-state index < -0.39 is 0 Å². The number of hydrazone groups is 1. The Morgan fingerprint density at radius 1 is 1.30 bits per heavy atom. The highest BCUT2D eigenvalue weighted by atomic mass is 79.9. The zero-order valence-corrected chi connectivity index (χ0v) is 14.7. The van der Waals surface area contributed by atoms with Gasteiger partial charge in [0.2, 0.25) is 5.91 Å². The van der Waals surface area contributed by atoms with Crippen molar-refractivity contribution < 1.29 is 9.90 Å². The van der Waals surface area contributed by atoms with E-state index in [2.05, 4.69) is 21.0 Å². The number of nitrogens with zero attached hydrogens (tertiary/aromatic N) is 2. The number of hydrogen-bond acceptors (Lipinski definition) is 3. The number of phenolic OH excluding ortho intramolecular Hbond substituents is 1. The third-order valence-corrected chi connectivity index (χ3v) is 4.52. The van der Waals surface area contributed by atoms with Crippen molar-refractivity contribution in [1.29, 1.82) is 0 Å².